The summed E-state index contributed by atoms with van der Waals surface area (Å²) in [4.78, 5) is 15.7. The number of anilines is 1. The van der Waals surface area contributed by atoms with E-state index in [2.05, 4.69) is 14.1 Å². The molecule has 0 amide bonds. The zero-order chi connectivity index (χ0) is 17.0. The third-order valence-electron chi connectivity index (χ3n) is 3.26. The van der Waals surface area contributed by atoms with E-state index in [1.54, 1.807) is 32.2 Å². The van der Waals surface area contributed by atoms with Gasteiger partial charge in [-0.1, -0.05) is 6.07 Å². The summed E-state index contributed by atoms with van der Waals surface area (Å²) in [6, 6.07) is 3.36. The van der Waals surface area contributed by atoms with Crippen LogP contribution in [-0.2, 0) is 26.3 Å². The molecule has 0 spiro atoms. The summed E-state index contributed by atoms with van der Waals surface area (Å²) in [5, 5.41) is 0. The van der Waals surface area contributed by atoms with Crippen LogP contribution in [0.25, 0.3) is 0 Å². The minimum absolute atomic E-state index is 0.115. The molecular weight excluding hydrogens is 320 g/mol. The molecule has 0 radical (unpaired) electrons. The number of hydrogen-bond donors (Lipinski definition) is 2. The van der Waals surface area contributed by atoms with E-state index < -0.39 is 10.2 Å². The van der Waals surface area contributed by atoms with Crippen molar-refractivity contribution in [3.8, 4) is 0 Å². The maximum atomic E-state index is 11.8. The van der Waals surface area contributed by atoms with E-state index in [0.717, 1.165) is 5.56 Å². The van der Waals surface area contributed by atoms with Crippen LogP contribution in [0.1, 0.15) is 32.3 Å². The molecule has 1 aromatic heterocycles. The van der Waals surface area contributed by atoms with Gasteiger partial charge in [0.1, 0.15) is 12.4 Å². The lowest BCUT2D eigenvalue weighted by Gasteiger charge is -2.17. The Morgan fingerprint density at radius 1 is 1.35 bits per heavy atom. The van der Waals surface area contributed by atoms with Gasteiger partial charge in [-0.2, -0.15) is 8.42 Å². The highest BCUT2D eigenvalue weighted by atomic mass is 32.2. The molecule has 1 aliphatic rings. The summed E-state index contributed by atoms with van der Waals surface area (Å²) in [6.07, 6.45) is 2.02. The number of nitrogens with one attached hydrogen (secondary N) is 1. The first-order chi connectivity index (χ1) is 10.8. The van der Waals surface area contributed by atoms with Gasteiger partial charge in [-0.15, -0.1) is 4.40 Å². The Kier molecular flexibility index (Phi) is 4.99. The molecule has 0 atom stereocenters. The van der Waals surface area contributed by atoms with Crippen molar-refractivity contribution < 1.29 is 17.9 Å². The zero-order valence-electron chi connectivity index (χ0n) is 12.9. The van der Waals surface area contributed by atoms with Gasteiger partial charge >= 0.3 is 16.2 Å². The summed E-state index contributed by atoms with van der Waals surface area (Å²) >= 11 is 0. The van der Waals surface area contributed by atoms with E-state index in [9.17, 15) is 13.2 Å². The summed E-state index contributed by atoms with van der Waals surface area (Å²) in [5.74, 6) is 0.0142. The molecule has 0 aliphatic carbocycles. The van der Waals surface area contributed by atoms with Crippen LogP contribution in [0, 0.1) is 0 Å². The molecule has 1 aliphatic heterocycles. The van der Waals surface area contributed by atoms with Gasteiger partial charge in [-0.25, -0.2) is 4.98 Å². The Balaban J connectivity index is 1.87. The second kappa shape index (κ2) is 6.78. The van der Waals surface area contributed by atoms with Crippen LogP contribution in [0.4, 0.5) is 5.82 Å². The summed E-state index contributed by atoms with van der Waals surface area (Å²) in [6.45, 7) is 3.35. The van der Waals surface area contributed by atoms with Crippen molar-refractivity contribution in [2.45, 2.75) is 33.3 Å². The lowest BCUT2D eigenvalue weighted by molar-refractivity contribution is -0.144. The summed E-state index contributed by atoms with van der Waals surface area (Å²) in [5.41, 5.74) is 7.78. The summed E-state index contributed by atoms with van der Waals surface area (Å²) < 4.78 is 33.8. The van der Waals surface area contributed by atoms with Crippen molar-refractivity contribution in [2.75, 3.05) is 5.73 Å². The van der Waals surface area contributed by atoms with E-state index in [1.807, 2.05) is 0 Å². The number of hydrogen-bond acceptors (Lipinski definition) is 6. The van der Waals surface area contributed by atoms with Gasteiger partial charge in [0.25, 0.3) is 0 Å². The molecule has 2 rings (SSSR count). The third-order valence-corrected chi connectivity index (χ3v) is 4.33. The number of nitrogen functional groups attached to an aromatic ring is 1. The van der Waals surface area contributed by atoms with Gasteiger partial charge in [-0.3, -0.25) is 9.52 Å². The van der Waals surface area contributed by atoms with Crippen molar-refractivity contribution in [1.29, 1.82) is 0 Å². The first kappa shape index (κ1) is 16.9. The number of pyridine rings is 1. The van der Waals surface area contributed by atoms with E-state index in [1.165, 1.54) is 0 Å². The van der Waals surface area contributed by atoms with Crippen LogP contribution in [0.5, 0.6) is 0 Å². The van der Waals surface area contributed by atoms with Crippen LogP contribution in [-0.4, -0.2) is 25.1 Å². The van der Waals surface area contributed by atoms with Crippen LogP contribution in [0.2, 0.25) is 0 Å². The molecule has 2 heterocycles. The molecule has 3 N–H and O–H groups in total. The highest BCUT2D eigenvalue weighted by Gasteiger charge is 2.20. The molecule has 23 heavy (non-hydrogen) atoms. The molecule has 9 heteroatoms. The Hall–Kier alpha value is -2.42. The predicted molar refractivity (Wildman–Crippen MR) is 85.5 cm³/mol. The van der Waals surface area contributed by atoms with Crippen molar-refractivity contribution in [3.05, 3.63) is 35.2 Å². The van der Waals surface area contributed by atoms with E-state index in [-0.39, 0.29) is 19.0 Å². The Morgan fingerprint density at radius 2 is 2.09 bits per heavy atom. The zero-order valence-corrected chi connectivity index (χ0v) is 13.7. The van der Waals surface area contributed by atoms with Crippen LogP contribution < -0.4 is 10.5 Å². The fourth-order valence-corrected chi connectivity index (χ4v) is 3.16. The fraction of sp³-hybridized carbons (Fsp3) is 0.357. The van der Waals surface area contributed by atoms with Gasteiger partial charge in [-0.05, 0) is 31.9 Å². The molecule has 0 saturated carbocycles. The highest BCUT2D eigenvalue weighted by molar-refractivity contribution is 7.88. The Morgan fingerprint density at radius 3 is 2.70 bits per heavy atom. The van der Waals surface area contributed by atoms with Crippen LogP contribution in [0.3, 0.4) is 0 Å². The van der Waals surface area contributed by atoms with Crippen molar-refractivity contribution in [3.63, 3.8) is 0 Å². The number of carbonyl (C=O) groups is 1. The molecule has 0 fully saturated rings. The molecule has 1 aromatic rings. The molecule has 8 nitrogen and oxygen atoms in total. The third kappa shape index (κ3) is 4.78. The molecule has 0 bridgehead atoms. The largest absolute Gasteiger partial charge is 0.461 e. The number of rotatable bonds is 5. The number of aromatic nitrogens is 1. The van der Waals surface area contributed by atoms with Gasteiger partial charge in [0.05, 0.1) is 5.71 Å². The summed E-state index contributed by atoms with van der Waals surface area (Å²) in [7, 11) is -3.66. The number of ether oxygens (including phenoxy) is 1. The smallest absolute Gasteiger partial charge is 0.342 e. The van der Waals surface area contributed by atoms with Gasteiger partial charge < -0.3 is 10.5 Å². The topological polar surface area (TPSA) is 124 Å². The lowest BCUT2D eigenvalue weighted by atomic mass is 10.0. The Bertz CT molecular complexity index is 766. The highest BCUT2D eigenvalue weighted by Crippen LogP contribution is 2.18. The SMILES string of the molecule is CC1=NS(=O)(=O)NC(C)=C1CCC(=O)OCc1ccc(N)nc1. The quantitative estimate of drug-likeness (QED) is 0.774. The minimum Gasteiger partial charge on any atom is -0.461 e. The second-order valence-electron chi connectivity index (χ2n) is 5.11. The van der Waals surface area contributed by atoms with E-state index in [0.29, 0.717) is 29.2 Å². The van der Waals surface area contributed by atoms with Crippen molar-refractivity contribution >= 4 is 27.7 Å². The number of nitrogens with zero attached hydrogens (tertiary/aromatic N) is 2. The van der Waals surface area contributed by atoms with Crippen LogP contribution in [0.15, 0.2) is 34.0 Å². The molecule has 0 unspecified atom stereocenters. The number of carbonyl (C=O) groups excluding carboxylic acids is 1. The molecular formula is C14H18N4O4S. The monoisotopic (exact) mass is 338 g/mol. The second-order valence-corrected chi connectivity index (χ2v) is 6.45. The number of allylic oxidation sites excluding steroid dienone is 2. The lowest BCUT2D eigenvalue weighted by Crippen LogP contribution is -2.28. The normalized spacial score (nSPS) is 16.5. The van der Waals surface area contributed by atoms with Crippen molar-refractivity contribution in [2.24, 2.45) is 4.40 Å². The van der Waals surface area contributed by atoms with E-state index in [4.69, 9.17) is 10.5 Å². The van der Waals surface area contributed by atoms with Crippen molar-refractivity contribution in [1.82, 2.24) is 9.71 Å². The molecule has 124 valence electrons. The Labute approximate surface area is 134 Å². The minimum atomic E-state index is -3.66. The fourth-order valence-electron chi connectivity index (χ4n) is 2.14. The standard InChI is InChI=1S/C14H18N4O4S/c1-9-12(10(2)18-23(20,21)17-9)4-6-14(19)22-8-11-3-5-13(15)16-7-11/h3,5,7,17H,4,6,8H2,1-2H3,(H2,15,16). The number of esters is 1. The number of nitrogens with two attached hydrogens (primary N) is 1. The van der Waals surface area contributed by atoms with Crippen LogP contribution >= 0.6 is 0 Å². The predicted octanol–water partition coefficient (Wildman–Crippen LogP) is 1.07. The first-order valence-corrected chi connectivity index (χ1v) is 8.36. The van der Waals surface area contributed by atoms with Gasteiger partial charge in [0.2, 0.25) is 0 Å². The maximum Gasteiger partial charge on any atom is 0.342 e. The average molecular weight is 338 g/mol. The van der Waals surface area contributed by atoms with Gasteiger partial charge in [0.15, 0.2) is 0 Å². The first-order valence-electron chi connectivity index (χ1n) is 6.92. The van der Waals surface area contributed by atoms with Gasteiger partial charge in [0, 0.05) is 23.9 Å². The average Bonchev–Trinajstić information content (AvgIpc) is 2.44. The van der Waals surface area contributed by atoms with E-state index >= 15 is 0 Å². The maximum absolute atomic E-state index is 11.8. The molecule has 0 saturated heterocycles. The molecule has 0 aromatic carbocycles.